The topological polar surface area (TPSA) is 169 Å². The van der Waals surface area contributed by atoms with Gasteiger partial charge in [-0.25, -0.2) is 9.36 Å². The predicted octanol–water partition coefficient (Wildman–Crippen LogP) is 15.9. The smallest absolute Gasteiger partial charge is 0.472 e. The quantitative estimate of drug-likeness (QED) is 0.0199. The molecule has 0 radical (unpaired) electrons. The Balaban J connectivity index is 3.78. The van der Waals surface area contributed by atoms with Crippen LogP contribution in [0, 0.1) is 0 Å². The third-order valence-corrected chi connectivity index (χ3v) is 13.4. The number of hydrogen-bond acceptors (Lipinski definition) is 8. The number of carboxylic acid groups (broad SMARTS) is 1. The number of aliphatic hydroxyl groups is 1. The average molecular weight is 982 g/mol. The summed E-state index contributed by atoms with van der Waals surface area (Å²) < 4.78 is 27.0. The second-order valence-electron chi connectivity index (χ2n) is 19.1. The Morgan fingerprint density at radius 3 is 1.24 bits per heavy atom. The van der Waals surface area contributed by atoms with Crippen molar-refractivity contribution < 1.29 is 47.8 Å². The van der Waals surface area contributed by atoms with Gasteiger partial charge < -0.3 is 25.2 Å². The summed E-state index contributed by atoms with van der Waals surface area (Å²) in [4.78, 5) is 46.2. The van der Waals surface area contributed by atoms with Gasteiger partial charge in [-0.05, 0) is 51.4 Å². The first-order chi connectivity index (χ1) is 33.1. The summed E-state index contributed by atoms with van der Waals surface area (Å²) in [7, 11) is -4.76. The number of carboxylic acids is 1. The number of hydrogen-bond donors (Lipinski definition) is 4. The van der Waals surface area contributed by atoms with Crippen molar-refractivity contribution in [2.24, 2.45) is 0 Å². The standard InChI is InChI=1S/C56H104NO10P/c1-3-5-7-9-11-13-15-17-19-21-23-25-26-28-29-31-33-35-37-39-41-43-45-47-54(59)57-53(56(61)62)51-67-68(63,64)66-50-52(58)49-65-55(60)48-46-44-42-40-38-36-34-32-30-27-24-22-20-18-16-14-12-10-8-6-4-2/h12,14,18,20,24,27,52-53,58H,3-11,13,15-17,19,21-23,25-26,28-51H2,1-2H3,(H,57,59)(H,61,62)(H,63,64)/b14-12-,20-18-,27-24-. The zero-order chi connectivity index (χ0) is 49.9. The number of aliphatic carboxylic acids is 1. The molecule has 0 saturated carbocycles. The maximum absolute atomic E-state index is 12.4. The monoisotopic (exact) mass is 982 g/mol. The molecule has 0 saturated heterocycles. The second kappa shape index (κ2) is 51.1. The number of carbonyl (C=O) groups is 3. The van der Waals surface area contributed by atoms with Crippen LogP contribution in [-0.4, -0.2) is 64.9 Å². The van der Waals surface area contributed by atoms with Crippen molar-refractivity contribution in [3.8, 4) is 0 Å². The highest BCUT2D eigenvalue weighted by Gasteiger charge is 2.28. The third-order valence-electron chi connectivity index (χ3n) is 12.4. The van der Waals surface area contributed by atoms with Gasteiger partial charge in [0.05, 0.1) is 13.2 Å². The Kier molecular flexibility index (Phi) is 49.3. The lowest BCUT2D eigenvalue weighted by atomic mass is 10.0. The van der Waals surface area contributed by atoms with Crippen LogP contribution in [0.1, 0.15) is 271 Å². The minimum absolute atomic E-state index is 0.149. The molecule has 0 aliphatic rings. The Morgan fingerprint density at radius 2 is 0.809 bits per heavy atom. The van der Waals surface area contributed by atoms with Gasteiger partial charge in [-0.1, -0.05) is 243 Å². The number of esters is 1. The Hall–Kier alpha value is -2.30. The predicted molar refractivity (Wildman–Crippen MR) is 282 cm³/mol. The molecule has 0 aliphatic heterocycles. The molecule has 0 aromatic carbocycles. The number of unbranched alkanes of at least 4 members (excludes halogenated alkanes) is 33. The zero-order valence-electron chi connectivity index (χ0n) is 43.7. The maximum atomic E-state index is 12.4. The highest BCUT2D eigenvalue weighted by molar-refractivity contribution is 7.47. The molecular weight excluding hydrogens is 878 g/mol. The molecule has 0 heterocycles. The minimum Gasteiger partial charge on any atom is -0.480 e. The van der Waals surface area contributed by atoms with Crippen LogP contribution in [0.3, 0.4) is 0 Å². The van der Waals surface area contributed by atoms with E-state index in [2.05, 4.69) is 55.6 Å². The van der Waals surface area contributed by atoms with Crippen molar-refractivity contribution in [2.45, 2.75) is 283 Å². The third kappa shape index (κ3) is 50.1. The zero-order valence-corrected chi connectivity index (χ0v) is 44.6. The molecule has 0 aromatic heterocycles. The number of ether oxygens (including phenoxy) is 1. The van der Waals surface area contributed by atoms with Crippen molar-refractivity contribution >= 4 is 25.7 Å². The van der Waals surface area contributed by atoms with Gasteiger partial charge in [-0.2, -0.15) is 0 Å². The fourth-order valence-electron chi connectivity index (χ4n) is 8.09. The van der Waals surface area contributed by atoms with Gasteiger partial charge in [-0.15, -0.1) is 0 Å². The molecule has 0 fully saturated rings. The molecule has 4 N–H and O–H groups in total. The highest BCUT2D eigenvalue weighted by Crippen LogP contribution is 2.43. The summed E-state index contributed by atoms with van der Waals surface area (Å²) in [5.41, 5.74) is 0. The number of phosphoric acid groups is 1. The molecule has 1 amide bonds. The molecule has 398 valence electrons. The molecule has 68 heavy (non-hydrogen) atoms. The van der Waals surface area contributed by atoms with Gasteiger partial charge in [0, 0.05) is 12.8 Å². The van der Waals surface area contributed by atoms with Gasteiger partial charge in [-0.3, -0.25) is 18.6 Å². The second-order valence-corrected chi connectivity index (χ2v) is 20.6. The first-order valence-corrected chi connectivity index (χ1v) is 29.5. The molecule has 11 nitrogen and oxygen atoms in total. The minimum atomic E-state index is -4.76. The summed E-state index contributed by atoms with van der Waals surface area (Å²) in [6.45, 7) is 2.61. The molecule has 3 unspecified atom stereocenters. The van der Waals surface area contributed by atoms with E-state index in [0.717, 1.165) is 57.8 Å². The van der Waals surface area contributed by atoms with E-state index < -0.39 is 57.6 Å². The molecular formula is C56H104NO10P. The summed E-state index contributed by atoms with van der Waals surface area (Å²) in [6, 6.07) is -1.55. The van der Waals surface area contributed by atoms with E-state index in [-0.39, 0.29) is 12.8 Å². The first kappa shape index (κ1) is 65.7. The number of phosphoric ester groups is 1. The molecule has 0 bridgehead atoms. The van der Waals surface area contributed by atoms with E-state index in [0.29, 0.717) is 12.8 Å². The summed E-state index contributed by atoms with van der Waals surface area (Å²) in [6.07, 6.45) is 58.8. The average Bonchev–Trinajstić information content (AvgIpc) is 3.32. The molecule has 0 aliphatic carbocycles. The van der Waals surface area contributed by atoms with Crippen molar-refractivity contribution in [1.82, 2.24) is 5.32 Å². The van der Waals surface area contributed by atoms with Crippen LogP contribution in [0.25, 0.3) is 0 Å². The number of nitrogens with one attached hydrogen (secondary N) is 1. The largest absolute Gasteiger partial charge is 0.480 e. The van der Waals surface area contributed by atoms with E-state index in [4.69, 9.17) is 13.8 Å². The van der Waals surface area contributed by atoms with Crippen LogP contribution < -0.4 is 5.32 Å². The number of amides is 1. The van der Waals surface area contributed by atoms with Gasteiger partial charge in [0.15, 0.2) is 6.04 Å². The lowest BCUT2D eigenvalue weighted by Gasteiger charge is -2.18. The number of aliphatic hydroxyl groups excluding tert-OH is 1. The Labute approximate surface area is 416 Å². The Morgan fingerprint density at radius 1 is 0.471 bits per heavy atom. The molecule has 12 heteroatoms. The highest BCUT2D eigenvalue weighted by atomic mass is 31.2. The van der Waals surface area contributed by atoms with E-state index >= 15 is 0 Å². The fourth-order valence-corrected chi connectivity index (χ4v) is 8.86. The van der Waals surface area contributed by atoms with Crippen LogP contribution in [0.5, 0.6) is 0 Å². The summed E-state index contributed by atoms with van der Waals surface area (Å²) in [5, 5.41) is 22.0. The summed E-state index contributed by atoms with van der Waals surface area (Å²) in [5.74, 6) is -2.36. The van der Waals surface area contributed by atoms with E-state index in [1.54, 1.807) is 0 Å². The normalized spacial score (nSPS) is 13.7. The van der Waals surface area contributed by atoms with Gasteiger partial charge in [0.25, 0.3) is 0 Å². The molecule has 0 aromatic rings. The number of carbonyl (C=O) groups excluding carboxylic acids is 2. The first-order valence-electron chi connectivity index (χ1n) is 28.0. The van der Waals surface area contributed by atoms with Crippen LogP contribution >= 0.6 is 7.82 Å². The van der Waals surface area contributed by atoms with E-state index in [9.17, 15) is 34.1 Å². The lowest BCUT2D eigenvalue weighted by Crippen LogP contribution is -2.43. The lowest BCUT2D eigenvalue weighted by molar-refractivity contribution is -0.147. The van der Waals surface area contributed by atoms with Crippen LogP contribution in [0.15, 0.2) is 36.5 Å². The van der Waals surface area contributed by atoms with Gasteiger partial charge in [0.1, 0.15) is 12.7 Å². The molecule has 3 atom stereocenters. The van der Waals surface area contributed by atoms with Crippen LogP contribution in [0.4, 0.5) is 0 Å². The van der Waals surface area contributed by atoms with Gasteiger partial charge in [0.2, 0.25) is 5.91 Å². The SMILES string of the molecule is CCCCC/C=C\C/C=C\C/C=C\CCCCCCCCCCC(=O)OCC(O)COP(=O)(O)OCC(NC(=O)CCCCCCCCCCCCCCCCCCCCCCCCC)C(=O)O. The van der Waals surface area contributed by atoms with Crippen molar-refractivity contribution in [3.63, 3.8) is 0 Å². The van der Waals surface area contributed by atoms with Crippen molar-refractivity contribution in [3.05, 3.63) is 36.5 Å². The van der Waals surface area contributed by atoms with Crippen LogP contribution in [-0.2, 0) is 32.7 Å². The number of allylic oxidation sites excluding steroid dienone is 6. The molecule has 0 spiro atoms. The van der Waals surface area contributed by atoms with E-state index in [1.807, 2.05) is 0 Å². The van der Waals surface area contributed by atoms with Crippen molar-refractivity contribution in [1.29, 1.82) is 0 Å². The molecule has 0 rings (SSSR count). The van der Waals surface area contributed by atoms with E-state index in [1.165, 1.54) is 173 Å². The van der Waals surface area contributed by atoms with Crippen LogP contribution in [0.2, 0.25) is 0 Å². The maximum Gasteiger partial charge on any atom is 0.472 e. The summed E-state index contributed by atoms with van der Waals surface area (Å²) >= 11 is 0. The van der Waals surface area contributed by atoms with Gasteiger partial charge >= 0.3 is 19.8 Å². The fraction of sp³-hybridized carbons (Fsp3) is 0.839. The Bertz CT molecular complexity index is 1290. The van der Waals surface area contributed by atoms with Crippen molar-refractivity contribution in [2.75, 3.05) is 19.8 Å². The number of rotatable bonds is 53.